The van der Waals surface area contributed by atoms with Crippen LogP contribution in [-0.4, -0.2) is 71.7 Å². The Hall–Kier alpha value is -1.29. The van der Waals surface area contributed by atoms with Crippen molar-refractivity contribution in [1.29, 1.82) is 0 Å². The van der Waals surface area contributed by atoms with E-state index in [9.17, 15) is 13.2 Å². The predicted molar refractivity (Wildman–Crippen MR) is 117 cm³/mol. The lowest BCUT2D eigenvalue weighted by atomic mass is 9.86. The first-order valence-electron chi connectivity index (χ1n) is 11.3. The molecule has 30 heavy (non-hydrogen) atoms. The van der Waals surface area contributed by atoms with Gasteiger partial charge in [0.2, 0.25) is 0 Å². The van der Waals surface area contributed by atoms with Crippen LogP contribution in [0.4, 0.5) is 0 Å². The van der Waals surface area contributed by atoms with Gasteiger partial charge in [-0.15, -0.1) is 0 Å². The third-order valence-corrected chi connectivity index (χ3v) is 9.08. The first kappa shape index (κ1) is 21.9. The van der Waals surface area contributed by atoms with Crippen LogP contribution < -0.4 is 5.56 Å². The molecular weight excluding hydrogens is 402 g/mol. The molecule has 0 radical (unpaired) electrons. The molecule has 0 spiro atoms. The maximum Gasteiger partial charge on any atom is 0.281 e. The van der Waals surface area contributed by atoms with E-state index < -0.39 is 10.2 Å². The first-order valence-corrected chi connectivity index (χ1v) is 12.7. The van der Waals surface area contributed by atoms with E-state index in [1.807, 2.05) is 0 Å². The van der Waals surface area contributed by atoms with Crippen LogP contribution in [0.5, 0.6) is 0 Å². The molecule has 0 aromatic carbocycles. The van der Waals surface area contributed by atoms with Gasteiger partial charge in [0.25, 0.3) is 15.8 Å². The number of rotatable bonds is 4. The molecule has 3 heterocycles. The molecule has 1 saturated heterocycles. The topological polar surface area (TPSA) is 89.6 Å². The zero-order valence-corrected chi connectivity index (χ0v) is 19.2. The lowest BCUT2D eigenvalue weighted by Crippen LogP contribution is -2.46. The van der Waals surface area contributed by atoms with Gasteiger partial charge in [0.05, 0.1) is 11.3 Å². The molecule has 168 valence electrons. The van der Waals surface area contributed by atoms with E-state index in [0.717, 1.165) is 43.0 Å². The minimum atomic E-state index is -3.45. The summed E-state index contributed by atoms with van der Waals surface area (Å²) >= 11 is 0. The van der Waals surface area contributed by atoms with E-state index in [0.29, 0.717) is 31.5 Å². The fraction of sp³-hybridized carbons (Fsp3) is 0.810. The van der Waals surface area contributed by atoms with E-state index in [2.05, 4.69) is 16.8 Å². The molecule has 1 aromatic heterocycles. The molecule has 1 aliphatic carbocycles. The van der Waals surface area contributed by atoms with Crippen molar-refractivity contribution < 1.29 is 8.42 Å². The number of aromatic nitrogens is 2. The lowest BCUT2D eigenvalue weighted by Gasteiger charge is -2.38. The SMILES string of the molecule is CC1CCC(N2CCc3nc(C4CCCN(S(=O)(=O)N(C)C)C4)[nH]c(=O)c3C2)CC1. The summed E-state index contributed by atoms with van der Waals surface area (Å²) in [6.45, 7) is 4.85. The van der Waals surface area contributed by atoms with Gasteiger partial charge in [-0.05, 0) is 44.4 Å². The van der Waals surface area contributed by atoms with E-state index in [1.165, 1.54) is 34.3 Å². The van der Waals surface area contributed by atoms with Crippen LogP contribution in [0.15, 0.2) is 4.79 Å². The van der Waals surface area contributed by atoms with Gasteiger partial charge in [0, 0.05) is 58.7 Å². The molecule has 1 N–H and O–H groups in total. The number of H-pyrrole nitrogens is 1. The van der Waals surface area contributed by atoms with E-state index in [1.54, 1.807) is 14.1 Å². The maximum atomic E-state index is 12.9. The summed E-state index contributed by atoms with van der Waals surface area (Å²) in [7, 11) is -0.347. The molecule has 2 fully saturated rings. The van der Waals surface area contributed by atoms with Crippen LogP contribution >= 0.6 is 0 Å². The molecule has 1 atom stereocenters. The summed E-state index contributed by atoms with van der Waals surface area (Å²) in [5, 5.41) is 0. The minimum absolute atomic E-state index is 0.0449. The van der Waals surface area contributed by atoms with Crippen molar-refractivity contribution in [1.82, 2.24) is 23.5 Å². The van der Waals surface area contributed by atoms with Crippen LogP contribution in [0.25, 0.3) is 0 Å². The quantitative estimate of drug-likeness (QED) is 0.774. The normalized spacial score (nSPS) is 29.1. The zero-order valence-electron chi connectivity index (χ0n) is 18.4. The number of fused-ring (bicyclic) bond motifs is 1. The molecule has 0 bridgehead atoms. The fourth-order valence-electron chi connectivity index (χ4n) is 5.18. The van der Waals surface area contributed by atoms with Gasteiger partial charge in [-0.25, -0.2) is 4.98 Å². The zero-order chi connectivity index (χ0) is 21.5. The first-order chi connectivity index (χ1) is 14.3. The lowest BCUT2D eigenvalue weighted by molar-refractivity contribution is 0.124. The summed E-state index contributed by atoms with van der Waals surface area (Å²) in [6, 6.07) is 0.580. The Morgan fingerprint density at radius 3 is 2.53 bits per heavy atom. The van der Waals surface area contributed by atoms with E-state index in [4.69, 9.17) is 4.98 Å². The number of hydrogen-bond donors (Lipinski definition) is 1. The molecule has 8 nitrogen and oxygen atoms in total. The molecule has 4 rings (SSSR count). The third-order valence-electron chi connectivity index (χ3n) is 7.18. The molecule has 9 heteroatoms. The summed E-state index contributed by atoms with van der Waals surface area (Å²) in [5.74, 6) is 1.40. The predicted octanol–water partition coefficient (Wildman–Crippen LogP) is 1.69. The number of piperidine rings is 1. The van der Waals surface area contributed by atoms with Crippen molar-refractivity contribution in [2.75, 3.05) is 33.7 Å². The van der Waals surface area contributed by atoms with Crippen molar-refractivity contribution in [2.24, 2.45) is 5.92 Å². The monoisotopic (exact) mass is 437 g/mol. The smallest absolute Gasteiger partial charge is 0.281 e. The largest absolute Gasteiger partial charge is 0.310 e. The molecule has 2 aliphatic heterocycles. The van der Waals surface area contributed by atoms with Gasteiger partial charge < -0.3 is 4.98 Å². The van der Waals surface area contributed by atoms with Gasteiger partial charge in [0.1, 0.15) is 5.82 Å². The van der Waals surface area contributed by atoms with Crippen molar-refractivity contribution in [3.05, 3.63) is 27.4 Å². The number of aromatic amines is 1. The van der Waals surface area contributed by atoms with Gasteiger partial charge in [-0.1, -0.05) is 6.92 Å². The van der Waals surface area contributed by atoms with Crippen molar-refractivity contribution in [3.8, 4) is 0 Å². The summed E-state index contributed by atoms with van der Waals surface area (Å²) < 4.78 is 27.8. The molecule has 1 saturated carbocycles. The van der Waals surface area contributed by atoms with E-state index >= 15 is 0 Å². The van der Waals surface area contributed by atoms with Crippen LogP contribution in [-0.2, 0) is 23.2 Å². The average Bonchev–Trinajstić information content (AvgIpc) is 2.74. The molecule has 3 aliphatic rings. The van der Waals surface area contributed by atoms with Crippen molar-refractivity contribution in [2.45, 2.75) is 70.4 Å². The van der Waals surface area contributed by atoms with E-state index in [-0.39, 0.29) is 11.5 Å². The molecular formula is C21H35N5O3S. The number of hydrogen-bond acceptors (Lipinski definition) is 5. The average molecular weight is 438 g/mol. The second-order valence-electron chi connectivity index (χ2n) is 9.50. The molecule has 1 aromatic rings. The Bertz CT molecular complexity index is 921. The van der Waals surface area contributed by atoms with Crippen molar-refractivity contribution in [3.63, 3.8) is 0 Å². The van der Waals surface area contributed by atoms with Crippen LogP contribution in [0, 0.1) is 5.92 Å². The molecule has 1 unspecified atom stereocenters. The summed E-state index contributed by atoms with van der Waals surface area (Å²) in [4.78, 5) is 23.2. The maximum absolute atomic E-state index is 12.9. The van der Waals surface area contributed by atoms with Crippen molar-refractivity contribution >= 4 is 10.2 Å². The summed E-state index contributed by atoms with van der Waals surface area (Å²) in [6.07, 6.45) is 7.40. The summed E-state index contributed by atoms with van der Waals surface area (Å²) in [5.41, 5.74) is 1.66. The third kappa shape index (κ3) is 4.35. The highest BCUT2D eigenvalue weighted by molar-refractivity contribution is 7.86. The Labute approximate surface area is 179 Å². The van der Waals surface area contributed by atoms with Gasteiger partial charge in [0.15, 0.2) is 0 Å². The van der Waals surface area contributed by atoms with Crippen LogP contribution in [0.2, 0.25) is 0 Å². The number of nitrogens with one attached hydrogen (secondary N) is 1. The minimum Gasteiger partial charge on any atom is -0.310 e. The Balaban J connectivity index is 1.50. The Morgan fingerprint density at radius 2 is 1.83 bits per heavy atom. The van der Waals surface area contributed by atoms with Crippen LogP contribution in [0.3, 0.4) is 0 Å². The highest BCUT2D eigenvalue weighted by atomic mass is 32.2. The van der Waals surface area contributed by atoms with Crippen LogP contribution in [0.1, 0.15) is 68.4 Å². The highest BCUT2D eigenvalue weighted by Gasteiger charge is 2.34. The second-order valence-corrected chi connectivity index (χ2v) is 11.6. The van der Waals surface area contributed by atoms with Gasteiger partial charge >= 0.3 is 0 Å². The molecule has 0 amide bonds. The Morgan fingerprint density at radius 1 is 1.10 bits per heavy atom. The van der Waals surface area contributed by atoms with Gasteiger partial charge in [-0.2, -0.15) is 17.0 Å². The standard InChI is InChI=1S/C21H35N5O3S/c1-15-6-8-17(9-7-15)25-12-10-19-18(14-25)21(27)23-20(22-19)16-5-4-11-26(13-16)30(28,29)24(2)3/h15-17H,4-14H2,1-3H3,(H,22,23,27). The fourth-order valence-corrected chi connectivity index (χ4v) is 6.37. The van der Waals surface area contributed by atoms with Gasteiger partial charge in [-0.3, -0.25) is 9.69 Å². The Kier molecular flexibility index (Phi) is 6.35. The highest BCUT2D eigenvalue weighted by Crippen LogP contribution is 2.31. The number of nitrogens with zero attached hydrogens (tertiary/aromatic N) is 4. The second kappa shape index (κ2) is 8.68.